The fourth-order valence-corrected chi connectivity index (χ4v) is 1.37. The van der Waals surface area contributed by atoms with Crippen LogP contribution in [0.3, 0.4) is 0 Å². The maximum Gasteiger partial charge on any atom is 0.0175 e. The molecular formula is C11H15Br. The molecule has 0 nitrogen and oxygen atoms in total. The van der Waals surface area contributed by atoms with E-state index in [1.54, 1.807) is 0 Å². The van der Waals surface area contributed by atoms with Crippen LogP contribution in [0.5, 0.6) is 0 Å². The minimum Gasteiger partial charge on any atom is -0.0628 e. The molecule has 0 bridgehead atoms. The van der Waals surface area contributed by atoms with Crippen LogP contribution in [0.25, 0.3) is 0 Å². The molecule has 0 radical (unpaired) electrons. The molecule has 1 aromatic rings. The smallest absolute Gasteiger partial charge is 0.0175 e. The molecule has 66 valence electrons. The molecule has 0 N–H and O–H groups in total. The molecule has 1 aromatic carbocycles. The summed E-state index contributed by atoms with van der Waals surface area (Å²) in [7, 11) is 0. The largest absolute Gasteiger partial charge is 0.0628 e. The Morgan fingerprint density at radius 3 is 2.25 bits per heavy atom. The second kappa shape index (κ2) is 4.66. The highest BCUT2D eigenvalue weighted by Crippen LogP contribution is 2.13. The molecule has 0 saturated heterocycles. The van der Waals surface area contributed by atoms with Gasteiger partial charge in [0.25, 0.3) is 0 Å². The Balaban J connectivity index is 2.48. The van der Waals surface area contributed by atoms with Crippen LogP contribution in [-0.2, 0) is 6.42 Å². The molecule has 0 saturated carbocycles. The van der Waals surface area contributed by atoms with E-state index in [2.05, 4.69) is 54.0 Å². The normalized spacial score (nSPS) is 10.7. The van der Waals surface area contributed by atoms with Gasteiger partial charge in [0.15, 0.2) is 0 Å². The van der Waals surface area contributed by atoms with Gasteiger partial charge in [0.05, 0.1) is 0 Å². The van der Waals surface area contributed by atoms with Crippen LogP contribution in [0, 0.1) is 5.92 Å². The van der Waals surface area contributed by atoms with Crippen molar-refractivity contribution < 1.29 is 0 Å². The van der Waals surface area contributed by atoms with Crippen molar-refractivity contribution in [3.63, 3.8) is 0 Å². The standard InChI is InChI=1S/C11H15Br/c1-9(2)3-4-10-5-7-11(12)8-6-10/h5-9H,3-4H2,1-2H3. The van der Waals surface area contributed by atoms with Crippen molar-refractivity contribution in [2.45, 2.75) is 26.7 Å². The summed E-state index contributed by atoms with van der Waals surface area (Å²) < 4.78 is 1.16. The van der Waals surface area contributed by atoms with Gasteiger partial charge in [-0.15, -0.1) is 0 Å². The van der Waals surface area contributed by atoms with E-state index in [-0.39, 0.29) is 0 Å². The molecule has 0 aliphatic carbocycles. The number of hydrogen-bond donors (Lipinski definition) is 0. The summed E-state index contributed by atoms with van der Waals surface area (Å²) in [6, 6.07) is 8.59. The number of hydrogen-bond acceptors (Lipinski definition) is 0. The lowest BCUT2D eigenvalue weighted by molar-refractivity contribution is 0.587. The SMILES string of the molecule is CC(C)CCc1ccc(Br)cc1. The molecule has 0 spiro atoms. The van der Waals surface area contributed by atoms with Gasteiger partial charge in [-0.2, -0.15) is 0 Å². The Kier molecular flexibility index (Phi) is 3.80. The van der Waals surface area contributed by atoms with Crippen LogP contribution in [0.15, 0.2) is 28.7 Å². The van der Waals surface area contributed by atoms with Gasteiger partial charge in [-0.05, 0) is 36.5 Å². The van der Waals surface area contributed by atoms with Crippen LogP contribution in [0.1, 0.15) is 25.8 Å². The summed E-state index contributed by atoms with van der Waals surface area (Å²) in [4.78, 5) is 0. The van der Waals surface area contributed by atoms with Gasteiger partial charge in [0.1, 0.15) is 0 Å². The molecule has 0 heterocycles. The minimum atomic E-state index is 0.800. The van der Waals surface area contributed by atoms with Gasteiger partial charge in [-0.3, -0.25) is 0 Å². The Hall–Kier alpha value is -0.300. The summed E-state index contributed by atoms with van der Waals surface area (Å²) in [5.41, 5.74) is 1.44. The molecule has 0 aromatic heterocycles. The molecule has 0 atom stereocenters. The predicted molar refractivity (Wildman–Crippen MR) is 57.3 cm³/mol. The van der Waals surface area contributed by atoms with Gasteiger partial charge in [-0.25, -0.2) is 0 Å². The van der Waals surface area contributed by atoms with E-state index in [1.165, 1.54) is 18.4 Å². The molecule has 12 heavy (non-hydrogen) atoms. The third-order valence-corrected chi connectivity index (χ3v) is 2.45. The number of halogens is 1. The van der Waals surface area contributed by atoms with Crippen molar-refractivity contribution in [3.8, 4) is 0 Å². The van der Waals surface area contributed by atoms with Gasteiger partial charge in [0.2, 0.25) is 0 Å². The average Bonchev–Trinajstić information content (AvgIpc) is 2.03. The van der Waals surface area contributed by atoms with Gasteiger partial charge >= 0.3 is 0 Å². The zero-order chi connectivity index (χ0) is 8.97. The molecule has 1 rings (SSSR count). The zero-order valence-electron chi connectivity index (χ0n) is 7.68. The second-order valence-corrected chi connectivity index (χ2v) is 4.47. The number of benzene rings is 1. The van der Waals surface area contributed by atoms with Gasteiger partial charge < -0.3 is 0 Å². The third-order valence-electron chi connectivity index (χ3n) is 1.92. The highest BCUT2D eigenvalue weighted by molar-refractivity contribution is 9.10. The minimum absolute atomic E-state index is 0.800. The van der Waals surface area contributed by atoms with E-state index >= 15 is 0 Å². The predicted octanol–water partition coefficient (Wildman–Crippen LogP) is 4.04. The first kappa shape index (κ1) is 9.79. The van der Waals surface area contributed by atoms with Crippen LogP contribution in [0.2, 0.25) is 0 Å². The maximum atomic E-state index is 3.43. The second-order valence-electron chi connectivity index (χ2n) is 3.56. The molecule has 0 amide bonds. The van der Waals surface area contributed by atoms with Crippen molar-refractivity contribution in [2.75, 3.05) is 0 Å². The maximum absolute atomic E-state index is 3.43. The van der Waals surface area contributed by atoms with Crippen LogP contribution >= 0.6 is 15.9 Å². The molecule has 1 heteroatoms. The van der Waals surface area contributed by atoms with E-state index in [9.17, 15) is 0 Å². The Morgan fingerprint density at radius 2 is 1.75 bits per heavy atom. The van der Waals surface area contributed by atoms with Crippen LogP contribution in [0.4, 0.5) is 0 Å². The lowest BCUT2D eigenvalue weighted by Crippen LogP contribution is -1.91. The highest BCUT2D eigenvalue weighted by atomic mass is 79.9. The van der Waals surface area contributed by atoms with E-state index in [4.69, 9.17) is 0 Å². The summed E-state index contributed by atoms with van der Waals surface area (Å²) in [6.07, 6.45) is 2.48. The van der Waals surface area contributed by atoms with E-state index in [1.807, 2.05) is 0 Å². The summed E-state index contributed by atoms with van der Waals surface area (Å²) >= 11 is 3.43. The summed E-state index contributed by atoms with van der Waals surface area (Å²) in [5, 5.41) is 0. The lowest BCUT2D eigenvalue weighted by Gasteiger charge is -2.04. The average molecular weight is 227 g/mol. The Morgan fingerprint density at radius 1 is 1.17 bits per heavy atom. The summed E-state index contributed by atoms with van der Waals surface area (Å²) in [5.74, 6) is 0.800. The highest BCUT2D eigenvalue weighted by Gasteiger charge is 1.96. The quantitative estimate of drug-likeness (QED) is 0.731. The molecule has 0 unspecified atom stereocenters. The first-order valence-electron chi connectivity index (χ1n) is 4.43. The molecular weight excluding hydrogens is 212 g/mol. The first-order valence-corrected chi connectivity index (χ1v) is 5.22. The monoisotopic (exact) mass is 226 g/mol. The van der Waals surface area contributed by atoms with Crippen molar-refractivity contribution >= 4 is 15.9 Å². The van der Waals surface area contributed by atoms with E-state index in [0.29, 0.717) is 0 Å². The molecule has 0 fully saturated rings. The van der Waals surface area contributed by atoms with Crippen LogP contribution < -0.4 is 0 Å². The van der Waals surface area contributed by atoms with Gasteiger partial charge in [0, 0.05) is 4.47 Å². The fraction of sp³-hybridized carbons (Fsp3) is 0.455. The molecule has 0 aliphatic rings. The zero-order valence-corrected chi connectivity index (χ0v) is 9.26. The van der Waals surface area contributed by atoms with Crippen molar-refractivity contribution in [1.82, 2.24) is 0 Å². The summed E-state index contributed by atoms with van der Waals surface area (Å²) in [6.45, 7) is 4.53. The number of rotatable bonds is 3. The van der Waals surface area contributed by atoms with Crippen LogP contribution in [-0.4, -0.2) is 0 Å². The Bertz CT molecular complexity index is 223. The molecule has 0 aliphatic heterocycles. The van der Waals surface area contributed by atoms with Crippen molar-refractivity contribution in [1.29, 1.82) is 0 Å². The van der Waals surface area contributed by atoms with Crippen molar-refractivity contribution in [3.05, 3.63) is 34.3 Å². The van der Waals surface area contributed by atoms with Gasteiger partial charge in [-0.1, -0.05) is 41.9 Å². The number of aryl methyl sites for hydroxylation is 1. The Labute approximate surface area is 83.1 Å². The van der Waals surface area contributed by atoms with Crippen molar-refractivity contribution in [2.24, 2.45) is 5.92 Å². The third kappa shape index (κ3) is 3.40. The fourth-order valence-electron chi connectivity index (χ4n) is 1.11. The van der Waals surface area contributed by atoms with E-state index < -0.39 is 0 Å². The van der Waals surface area contributed by atoms with E-state index in [0.717, 1.165) is 10.4 Å². The topological polar surface area (TPSA) is 0 Å². The first-order chi connectivity index (χ1) is 5.68. The lowest BCUT2D eigenvalue weighted by atomic mass is 10.0.